The summed E-state index contributed by atoms with van der Waals surface area (Å²) in [5, 5.41) is 2.78. The van der Waals surface area contributed by atoms with Gasteiger partial charge in [-0.1, -0.05) is 0 Å². The summed E-state index contributed by atoms with van der Waals surface area (Å²) in [5.74, 6) is 0.721. The van der Waals surface area contributed by atoms with E-state index in [-0.39, 0.29) is 11.8 Å². The molecule has 17 heavy (non-hydrogen) atoms. The molecule has 4 heteroatoms. The van der Waals surface area contributed by atoms with Gasteiger partial charge in [0.25, 0.3) is 0 Å². The van der Waals surface area contributed by atoms with Crippen LogP contribution in [0.3, 0.4) is 0 Å². The number of hydrogen-bond donors (Lipinski definition) is 1. The molecule has 0 saturated carbocycles. The van der Waals surface area contributed by atoms with Gasteiger partial charge in [-0.25, -0.2) is 0 Å². The molecule has 1 aromatic carbocycles. The molecule has 0 unspecified atom stereocenters. The Labute approximate surface area is 107 Å². The minimum absolute atomic E-state index is 0.00671. The Morgan fingerprint density at radius 1 is 1.35 bits per heavy atom. The second kappa shape index (κ2) is 5.92. The number of ether oxygens (including phenoxy) is 1. The van der Waals surface area contributed by atoms with Gasteiger partial charge in [0.1, 0.15) is 11.6 Å². The lowest BCUT2D eigenvalue weighted by Crippen LogP contribution is -2.24. The Balaban J connectivity index is 3.00. The quantitative estimate of drug-likeness (QED) is 0.840. The predicted octanol–water partition coefficient (Wildman–Crippen LogP) is 2.48. The lowest BCUT2D eigenvalue weighted by molar-refractivity contribution is -0.118. The average molecular weight is 256 g/mol. The van der Waals surface area contributed by atoms with Crippen LogP contribution in [0.25, 0.3) is 0 Å². The highest BCUT2D eigenvalue weighted by Gasteiger charge is 2.11. The molecule has 0 saturated heterocycles. The van der Waals surface area contributed by atoms with Crippen molar-refractivity contribution in [3.05, 3.63) is 28.3 Å². The third-order valence-corrected chi connectivity index (χ3v) is 3.25. The summed E-state index contributed by atoms with van der Waals surface area (Å²) in [6.45, 7) is 6.57. The number of nitrogens with one attached hydrogen (secondary N) is 1. The molecule has 0 aliphatic heterocycles. The van der Waals surface area contributed by atoms with Crippen molar-refractivity contribution >= 4 is 17.5 Å². The highest BCUT2D eigenvalue weighted by atomic mass is 35.5. The number of alkyl halides is 1. The van der Waals surface area contributed by atoms with Crippen molar-refractivity contribution in [1.29, 1.82) is 0 Å². The van der Waals surface area contributed by atoms with Crippen LogP contribution >= 0.6 is 11.6 Å². The fourth-order valence-electron chi connectivity index (χ4n) is 1.82. The first-order valence-corrected chi connectivity index (χ1v) is 6.01. The maximum absolute atomic E-state index is 11.1. The second-order valence-corrected chi connectivity index (χ2v) is 4.30. The first kappa shape index (κ1) is 13.8. The van der Waals surface area contributed by atoms with Gasteiger partial charge in [0.05, 0.1) is 7.11 Å². The Morgan fingerprint density at radius 3 is 2.53 bits per heavy atom. The number of aryl methyl sites for hydroxylation is 1. The summed E-state index contributed by atoms with van der Waals surface area (Å²) in [5.41, 5.74) is 4.49. The monoisotopic (exact) mass is 255 g/mol. The normalized spacial score (nSPS) is 10.2. The molecule has 3 nitrogen and oxygen atoms in total. The molecule has 0 spiro atoms. The zero-order valence-corrected chi connectivity index (χ0v) is 11.4. The van der Waals surface area contributed by atoms with Crippen molar-refractivity contribution in [2.24, 2.45) is 0 Å². The number of halogens is 1. The SMILES string of the molecule is COc1cc(C)c(CNC(=O)CCl)c(C)c1C. The van der Waals surface area contributed by atoms with Gasteiger partial charge in [-0.3, -0.25) is 4.79 Å². The summed E-state index contributed by atoms with van der Waals surface area (Å²) >= 11 is 5.44. The van der Waals surface area contributed by atoms with E-state index in [4.69, 9.17) is 16.3 Å². The van der Waals surface area contributed by atoms with Crippen LogP contribution in [0.5, 0.6) is 5.75 Å². The number of benzene rings is 1. The molecule has 0 fully saturated rings. The highest BCUT2D eigenvalue weighted by molar-refractivity contribution is 6.27. The molecular weight excluding hydrogens is 238 g/mol. The van der Waals surface area contributed by atoms with Gasteiger partial charge in [-0.2, -0.15) is 0 Å². The molecule has 0 heterocycles. The zero-order chi connectivity index (χ0) is 13.0. The number of rotatable bonds is 4. The number of methoxy groups -OCH3 is 1. The van der Waals surface area contributed by atoms with Crippen molar-refractivity contribution in [2.75, 3.05) is 13.0 Å². The molecule has 0 aromatic heterocycles. The fraction of sp³-hybridized carbons (Fsp3) is 0.462. The van der Waals surface area contributed by atoms with Gasteiger partial charge in [0, 0.05) is 6.54 Å². The molecule has 1 rings (SSSR count). The highest BCUT2D eigenvalue weighted by Crippen LogP contribution is 2.27. The molecule has 0 aliphatic carbocycles. The minimum atomic E-state index is -0.154. The van der Waals surface area contributed by atoms with Crippen LogP contribution < -0.4 is 10.1 Å². The number of amides is 1. The molecule has 0 radical (unpaired) electrons. The Kier molecular flexibility index (Phi) is 4.82. The third-order valence-electron chi connectivity index (χ3n) is 3.01. The molecule has 0 atom stereocenters. The number of hydrogen-bond acceptors (Lipinski definition) is 2. The van der Waals surface area contributed by atoms with E-state index < -0.39 is 0 Å². The first-order valence-electron chi connectivity index (χ1n) is 5.47. The van der Waals surface area contributed by atoms with Crippen molar-refractivity contribution in [3.8, 4) is 5.75 Å². The minimum Gasteiger partial charge on any atom is -0.496 e. The van der Waals surface area contributed by atoms with Gasteiger partial charge in [0.2, 0.25) is 5.91 Å². The van der Waals surface area contributed by atoms with Crippen LogP contribution in [-0.2, 0) is 11.3 Å². The van der Waals surface area contributed by atoms with Crippen LogP contribution in [0, 0.1) is 20.8 Å². The van der Waals surface area contributed by atoms with E-state index in [2.05, 4.69) is 5.32 Å². The van der Waals surface area contributed by atoms with E-state index in [9.17, 15) is 4.79 Å². The van der Waals surface area contributed by atoms with Crippen molar-refractivity contribution in [1.82, 2.24) is 5.32 Å². The Hall–Kier alpha value is -1.22. The summed E-state index contributed by atoms with van der Waals surface area (Å²) < 4.78 is 5.30. The van der Waals surface area contributed by atoms with Gasteiger partial charge < -0.3 is 10.1 Å². The van der Waals surface area contributed by atoms with E-state index in [1.807, 2.05) is 26.8 Å². The molecule has 0 bridgehead atoms. The zero-order valence-electron chi connectivity index (χ0n) is 10.7. The topological polar surface area (TPSA) is 38.3 Å². The van der Waals surface area contributed by atoms with Gasteiger partial charge in [0.15, 0.2) is 0 Å². The van der Waals surface area contributed by atoms with Crippen LogP contribution in [0.15, 0.2) is 6.07 Å². The molecule has 1 amide bonds. The molecule has 1 N–H and O–H groups in total. The molecule has 1 aromatic rings. The van der Waals surface area contributed by atoms with Crippen molar-refractivity contribution in [3.63, 3.8) is 0 Å². The maximum Gasteiger partial charge on any atom is 0.235 e. The van der Waals surface area contributed by atoms with Gasteiger partial charge in [-0.05, 0) is 49.1 Å². The van der Waals surface area contributed by atoms with Crippen LogP contribution in [0.4, 0.5) is 0 Å². The lowest BCUT2D eigenvalue weighted by atomic mass is 9.97. The predicted molar refractivity (Wildman–Crippen MR) is 69.8 cm³/mol. The largest absolute Gasteiger partial charge is 0.496 e. The lowest BCUT2D eigenvalue weighted by Gasteiger charge is -2.16. The summed E-state index contributed by atoms with van der Waals surface area (Å²) in [6.07, 6.45) is 0. The summed E-state index contributed by atoms with van der Waals surface area (Å²) in [4.78, 5) is 11.1. The number of carbonyl (C=O) groups is 1. The smallest absolute Gasteiger partial charge is 0.235 e. The fourth-order valence-corrected chi connectivity index (χ4v) is 1.91. The first-order chi connectivity index (χ1) is 8.01. The molecule has 94 valence electrons. The van der Waals surface area contributed by atoms with Gasteiger partial charge >= 0.3 is 0 Å². The second-order valence-electron chi connectivity index (χ2n) is 4.03. The Morgan fingerprint density at radius 2 is 2.00 bits per heavy atom. The third kappa shape index (κ3) is 3.13. The summed E-state index contributed by atoms with van der Waals surface area (Å²) in [7, 11) is 1.66. The van der Waals surface area contributed by atoms with Crippen LogP contribution in [-0.4, -0.2) is 18.9 Å². The van der Waals surface area contributed by atoms with E-state index >= 15 is 0 Å². The maximum atomic E-state index is 11.1. The molecule has 0 aliphatic rings. The van der Waals surface area contributed by atoms with Gasteiger partial charge in [-0.15, -0.1) is 11.6 Å². The van der Waals surface area contributed by atoms with E-state index in [0.717, 1.165) is 28.0 Å². The van der Waals surface area contributed by atoms with E-state index in [1.165, 1.54) is 0 Å². The Bertz CT molecular complexity index is 430. The summed E-state index contributed by atoms with van der Waals surface area (Å²) in [6, 6.07) is 1.99. The van der Waals surface area contributed by atoms with E-state index in [0.29, 0.717) is 6.54 Å². The van der Waals surface area contributed by atoms with Crippen LogP contribution in [0.1, 0.15) is 22.3 Å². The number of carbonyl (C=O) groups excluding carboxylic acids is 1. The van der Waals surface area contributed by atoms with Crippen molar-refractivity contribution in [2.45, 2.75) is 27.3 Å². The van der Waals surface area contributed by atoms with E-state index in [1.54, 1.807) is 7.11 Å². The van der Waals surface area contributed by atoms with Crippen LogP contribution in [0.2, 0.25) is 0 Å². The standard InChI is InChI=1S/C13H18ClNO2/c1-8-5-12(17-4)10(3)9(2)11(8)7-15-13(16)6-14/h5H,6-7H2,1-4H3,(H,15,16). The molecular formula is C13H18ClNO2. The van der Waals surface area contributed by atoms with Crippen molar-refractivity contribution < 1.29 is 9.53 Å². The average Bonchev–Trinajstić information content (AvgIpc) is 2.33.